The monoisotopic (exact) mass is 286 g/mol. The standard InChI is InChI=1S/C16H15ClN2O/c17-15-7-11(8-18)1-2-13(15)9-19-6-5-14(10-19)16(20)12-3-4-12/h1-2,5-7,10,12,16,20H,3-4,9H2. The Hall–Kier alpha value is -1.76. The molecule has 1 unspecified atom stereocenters. The number of aromatic nitrogens is 1. The van der Waals surface area contributed by atoms with Gasteiger partial charge in [-0.05, 0) is 48.1 Å². The highest BCUT2D eigenvalue weighted by Gasteiger charge is 2.31. The minimum Gasteiger partial charge on any atom is -0.388 e. The Kier molecular flexibility index (Phi) is 3.52. The van der Waals surface area contributed by atoms with E-state index in [0.29, 0.717) is 23.0 Å². The predicted octanol–water partition coefficient (Wildman–Crippen LogP) is 3.50. The molecule has 0 bridgehead atoms. The van der Waals surface area contributed by atoms with Gasteiger partial charge in [-0.25, -0.2) is 0 Å². The van der Waals surface area contributed by atoms with Gasteiger partial charge in [0.15, 0.2) is 0 Å². The number of nitriles is 1. The summed E-state index contributed by atoms with van der Waals surface area (Å²) in [6.45, 7) is 0.641. The molecule has 1 N–H and O–H groups in total. The van der Waals surface area contributed by atoms with Crippen molar-refractivity contribution in [2.75, 3.05) is 0 Å². The maximum Gasteiger partial charge on any atom is 0.0992 e. The van der Waals surface area contributed by atoms with Gasteiger partial charge in [-0.2, -0.15) is 5.26 Å². The zero-order chi connectivity index (χ0) is 14.1. The first-order valence-corrected chi connectivity index (χ1v) is 7.07. The molecule has 2 aromatic rings. The van der Waals surface area contributed by atoms with E-state index in [1.54, 1.807) is 12.1 Å². The van der Waals surface area contributed by atoms with Gasteiger partial charge in [0.1, 0.15) is 0 Å². The van der Waals surface area contributed by atoms with Crippen molar-refractivity contribution in [3.63, 3.8) is 0 Å². The first kappa shape index (κ1) is 13.2. The molecule has 0 amide bonds. The third kappa shape index (κ3) is 2.72. The third-order valence-corrected chi connectivity index (χ3v) is 4.07. The van der Waals surface area contributed by atoms with Crippen LogP contribution in [0.2, 0.25) is 5.02 Å². The van der Waals surface area contributed by atoms with Crippen LogP contribution in [0.4, 0.5) is 0 Å². The summed E-state index contributed by atoms with van der Waals surface area (Å²) in [7, 11) is 0. The van der Waals surface area contributed by atoms with E-state index < -0.39 is 0 Å². The second-order valence-electron chi connectivity index (χ2n) is 5.32. The van der Waals surface area contributed by atoms with E-state index in [0.717, 1.165) is 24.0 Å². The molecule has 1 aliphatic carbocycles. The molecule has 0 radical (unpaired) electrons. The Balaban J connectivity index is 1.76. The zero-order valence-electron chi connectivity index (χ0n) is 11.0. The topological polar surface area (TPSA) is 49.0 Å². The van der Waals surface area contributed by atoms with Gasteiger partial charge in [-0.1, -0.05) is 17.7 Å². The van der Waals surface area contributed by atoms with Gasteiger partial charge in [0.25, 0.3) is 0 Å². The van der Waals surface area contributed by atoms with Gasteiger partial charge in [0.05, 0.1) is 17.7 Å². The molecule has 1 aliphatic rings. The summed E-state index contributed by atoms with van der Waals surface area (Å²) >= 11 is 6.17. The molecule has 1 saturated carbocycles. The Labute approximate surface area is 123 Å². The molecular weight excluding hydrogens is 272 g/mol. The number of aliphatic hydroxyl groups excluding tert-OH is 1. The van der Waals surface area contributed by atoms with E-state index >= 15 is 0 Å². The van der Waals surface area contributed by atoms with E-state index in [2.05, 4.69) is 6.07 Å². The highest BCUT2D eigenvalue weighted by molar-refractivity contribution is 6.31. The molecule has 3 rings (SSSR count). The molecule has 0 spiro atoms. The van der Waals surface area contributed by atoms with Crippen LogP contribution < -0.4 is 0 Å². The molecule has 102 valence electrons. The van der Waals surface area contributed by atoms with Crippen LogP contribution >= 0.6 is 11.6 Å². The molecule has 3 nitrogen and oxygen atoms in total. The second-order valence-corrected chi connectivity index (χ2v) is 5.72. The van der Waals surface area contributed by atoms with E-state index in [1.807, 2.05) is 29.1 Å². The highest BCUT2D eigenvalue weighted by atomic mass is 35.5. The second kappa shape index (κ2) is 5.32. The Bertz CT molecular complexity index is 667. The van der Waals surface area contributed by atoms with Crippen LogP contribution in [-0.2, 0) is 6.54 Å². The third-order valence-electron chi connectivity index (χ3n) is 3.72. The average molecular weight is 287 g/mol. The van der Waals surface area contributed by atoms with Crippen LogP contribution in [0, 0.1) is 17.2 Å². The molecule has 0 saturated heterocycles. The lowest BCUT2D eigenvalue weighted by Gasteiger charge is -2.08. The van der Waals surface area contributed by atoms with Gasteiger partial charge in [-0.3, -0.25) is 0 Å². The lowest BCUT2D eigenvalue weighted by molar-refractivity contribution is 0.154. The van der Waals surface area contributed by atoms with Gasteiger partial charge in [0.2, 0.25) is 0 Å². The normalized spacial score (nSPS) is 15.8. The molecule has 1 aromatic carbocycles. The first-order valence-electron chi connectivity index (χ1n) is 6.69. The fourth-order valence-corrected chi connectivity index (χ4v) is 2.60. The van der Waals surface area contributed by atoms with Gasteiger partial charge >= 0.3 is 0 Å². The number of halogens is 1. The van der Waals surface area contributed by atoms with Crippen LogP contribution in [0.5, 0.6) is 0 Å². The largest absolute Gasteiger partial charge is 0.388 e. The SMILES string of the molecule is N#Cc1ccc(Cn2ccc(C(O)C3CC3)c2)c(Cl)c1. The fourth-order valence-electron chi connectivity index (χ4n) is 2.36. The molecule has 1 fully saturated rings. The molecule has 1 atom stereocenters. The number of aliphatic hydroxyl groups is 1. The van der Waals surface area contributed by atoms with Crippen molar-refractivity contribution in [1.29, 1.82) is 5.26 Å². The van der Waals surface area contributed by atoms with Crippen molar-refractivity contribution < 1.29 is 5.11 Å². The molecule has 1 aromatic heterocycles. The van der Waals surface area contributed by atoms with Crippen LogP contribution in [0.15, 0.2) is 36.7 Å². The molecular formula is C16H15ClN2O. The highest BCUT2D eigenvalue weighted by Crippen LogP contribution is 2.40. The van der Waals surface area contributed by atoms with Crippen LogP contribution in [0.1, 0.15) is 35.6 Å². The molecule has 20 heavy (non-hydrogen) atoms. The minimum atomic E-state index is -0.340. The Morgan fingerprint density at radius 3 is 2.85 bits per heavy atom. The summed E-state index contributed by atoms with van der Waals surface area (Å²) in [5.74, 6) is 0.435. The van der Waals surface area contributed by atoms with E-state index in [4.69, 9.17) is 16.9 Å². The van der Waals surface area contributed by atoms with Crippen LogP contribution in [0.25, 0.3) is 0 Å². The summed E-state index contributed by atoms with van der Waals surface area (Å²) in [6, 6.07) is 9.35. The van der Waals surface area contributed by atoms with Crippen molar-refractivity contribution in [2.24, 2.45) is 5.92 Å². The summed E-state index contributed by atoms with van der Waals surface area (Å²) < 4.78 is 2.01. The van der Waals surface area contributed by atoms with Crippen LogP contribution in [-0.4, -0.2) is 9.67 Å². The van der Waals surface area contributed by atoms with Crippen molar-refractivity contribution in [1.82, 2.24) is 4.57 Å². The summed E-state index contributed by atoms with van der Waals surface area (Å²) in [5.41, 5.74) is 2.50. The summed E-state index contributed by atoms with van der Waals surface area (Å²) in [4.78, 5) is 0. The maximum absolute atomic E-state index is 10.1. The van der Waals surface area contributed by atoms with Crippen molar-refractivity contribution in [3.05, 3.63) is 58.4 Å². The van der Waals surface area contributed by atoms with Crippen LogP contribution in [0.3, 0.4) is 0 Å². The smallest absolute Gasteiger partial charge is 0.0992 e. The Morgan fingerprint density at radius 1 is 1.40 bits per heavy atom. The number of hydrogen-bond acceptors (Lipinski definition) is 2. The van der Waals surface area contributed by atoms with Crippen molar-refractivity contribution in [3.8, 4) is 6.07 Å². The average Bonchev–Trinajstić information content (AvgIpc) is 3.20. The number of rotatable bonds is 4. The zero-order valence-corrected chi connectivity index (χ0v) is 11.7. The first-order chi connectivity index (χ1) is 9.67. The van der Waals surface area contributed by atoms with Gasteiger partial charge < -0.3 is 9.67 Å². The quantitative estimate of drug-likeness (QED) is 0.935. The van der Waals surface area contributed by atoms with E-state index in [-0.39, 0.29) is 6.10 Å². The fraction of sp³-hybridized carbons (Fsp3) is 0.312. The predicted molar refractivity (Wildman–Crippen MR) is 77.4 cm³/mol. The summed E-state index contributed by atoms with van der Waals surface area (Å²) in [5, 5.41) is 19.5. The van der Waals surface area contributed by atoms with Gasteiger partial charge in [0, 0.05) is 24.0 Å². The van der Waals surface area contributed by atoms with Gasteiger partial charge in [-0.15, -0.1) is 0 Å². The minimum absolute atomic E-state index is 0.340. The lowest BCUT2D eigenvalue weighted by Crippen LogP contribution is -2.00. The molecule has 4 heteroatoms. The number of benzene rings is 1. The summed E-state index contributed by atoms with van der Waals surface area (Å²) in [6.07, 6.45) is 5.82. The number of hydrogen-bond donors (Lipinski definition) is 1. The Morgan fingerprint density at radius 2 is 2.20 bits per heavy atom. The van der Waals surface area contributed by atoms with Crippen molar-refractivity contribution >= 4 is 11.6 Å². The number of nitrogens with zero attached hydrogens (tertiary/aromatic N) is 2. The maximum atomic E-state index is 10.1. The van der Waals surface area contributed by atoms with E-state index in [9.17, 15) is 5.11 Å². The van der Waals surface area contributed by atoms with E-state index in [1.165, 1.54) is 0 Å². The molecule has 0 aliphatic heterocycles. The molecule has 1 heterocycles. The lowest BCUT2D eigenvalue weighted by atomic mass is 10.1. The van der Waals surface area contributed by atoms with Crippen molar-refractivity contribution in [2.45, 2.75) is 25.5 Å².